The number of para-hydroxylation sites is 1. The van der Waals surface area contributed by atoms with Crippen LogP contribution >= 0.6 is 11.6 Å². The van der Waals surface area contributed by atoms with Crippen molar-refractivity contribution < 1.29 is 4.79 Å². The van der Waals surface area contributed by atoms with Crippen LogP contribution in [-0.4, -0.2) is 15.9 Å². The first-order valence-electron chi connectivity index (χ1n) is 7.73. The van der Waals surface area contributed by atoms with E-state index >= 15 is 0 Å². The summed E-state index contributed by atoms with van der Waals surface area (Å²) in [6.07, 6.45) is 1.29. The number of nitriles is 1. The Bertz CT molecular complexity index is 1010. The molecule has 0 aliphatic heterocycles. The van der Waals surface area contributed by atoms with Gasteiger partial charge in [-0.05, 0) is 36.8 Å². The molecule has 0 spiro atoms. The number of nitrogens with zero attached hydrogens (tertiary/aromatic N) is 3. The average Bonchev–Trinajstić information content (AvgIpc) is 2.66. The van der Waals surface area contributed by atoms with Gasteiger partial charge in [0, 0.05) is 16.8 Å². The molecule has 1 amide bonds. The number of hydrogen-bond acceptors (Lipinski definition) is 5. The monoisotopic (exact) mass is 363 g/mol. The molecular weight excluding hydrogens is 350 g/mol. The summed E-state index contributed by atoms with van der Waals surface area (Å²) in [5.41, 5.74) is 2.66. The lowest BCUT2D eigenvalue weighted by Gasteiger charge is -2.10. The van der Waals surface area contributed by atoms with Crippen LogP contribution < -0.4 is 10.6 Å². The number of amides is 1. The van der Waals surface area contributed by atoms with Crippen molar-refractivity contribution >= 4 is 34.7 Å². The summed E-state index contributed by atoms with van der Waals surface area (Å²) in [6.45, 7) is 1.82. The minimum atomic E-state index is -0.380. The van der Waals surface area contributed by atoms with Crippen LogP contribution in [0.3, 0.4) is 0 Å². The maximum absolute atomic E-state index is 12.5. The number of halogens is 1. The maximum Gasteiger partial charge on any atom is 0.274 e. The first-order chi connectivity index (χ1) is 12.6. The normalized spacial score (nSPS) is 10.0. The Morgan fingerprint density at radius 2 is 1.88 bits per heavy atom. The molecule has 128 valence electrons. The van der Waals surface area contributed by atoms with Gasteiger partial charge in [0.15, 0.2) is 0 Å². The zero-order valence-corrected chi connectivity index (χ0v) is 14.6. The fourth-order valence-corrected chi connectivity index (χ4v) is 2.48. The number of carbonyl (C=O) groups is 1. The Kier molecular flexibility index (Phi) is 5.11. The molecule has 0 unspecified atom stereocenters. The van der Waals surface area contributed by atoms with Crippen LogP contribution in [0.4, 0.5) is 17.2 Å². The van der Waals surface area contributed by atoms with Crippen LogP contribution in [0.1, 0.15) is 21.6 Å². The molecule has 3 rings (SSSR count). The largest absolute Gasteiger partial charge is 0.339 e. The highest BCUT2D eigenvalue weighted by molar-refractivity contribution is 6.31. The van der Waals surface area contributed by atoms with Gasteiger partial charge in [-0.1, -0.05) is 29.8 Å². The van der Waals surface area contributed by atoms with E-state index in [1.807, 2.05) is 6.92 Å². The molecule has 0 radical (unpaired) electrons. The molecule has 0 fully saturated rings. The van der Waals surface area contributed by atoms with Gasteiger partial charge in [0.05, 0.1) is 11.3 Å². The second-order valence-electron chi connectivity index (χ2n) is 5.44. The third-order valence-corrected chi connectivity index (χ3v) is 4.14. The van der Waals surface area contributed by atoms with Crippen molar-refractivity contribution in [2.24, 2.45) is 0 Å². The topological polar surface area (TPSA) is 90.7 Å². The SMILES string of the molecule is Cc1c(Cl)cccc1NC(=O)c1cc(Nc2ccccc2C#N)ncn1. The van der Waals surface area contributed by atoms with E-state index in [2.05, 4.69) is 26.7 Å². The number of hydrogen-bond donors (Lipinski definition) is 2. The van der Waals surface area contributed by atoms with E-state index in [0.717, 1.165) is 5.56 Å². The number of nitrogens with one attached hydrogen (secondary N) is 2. The van der Waals surface area contributed by atoms with E-state index in [-0.39, 0.29) is 11.6 Å². The van der Waals surface area contributed by atoms with Crippen LogP contribution in [0.25, 0.3) is 0 Å². The molecule has 7 heteroatoms. The summed E-state index contributed by atoms with van der Waals surface area (Å²) in [4.78, 5) is 20.6. The highest BCUT2D eigenvalue weighted by Crippen LogP contribution is 2.24. The summed E-state index contributed by atoms with van der Waals surface area (Å²) >= 11 is 6.07. The van der Waals surface area contributed by atoms with Crippen molar-refractivity contribution in [2.45, 2.75) is 6.92 Å². The summed E-state index contributed by atoms with van der Waals surface area (Å²) < 4.78 is 0. The number of rotatable bonds is 4. The van der Waals surface area contributed by atoms with Gasteiger partial charge < -0.3 is 10.6 Å². The molecule has 0 aliphatic carbocycles. The highest BCUT2D eigenvalue weighted by Gasteiger charge is 2.12. The van der Waals surface area contributed by atoms with Crippen molar-refractivity contribution in [1.82, 2.24) is 9.97 Å². The van der Waals surface area contributed by atoms with Gasteiger partial charge in [0.2, 0.25) is 0 Å². The number of anilines is 3. The molecule has 2 aromatic carbocycles. The Morgan fingerprint density at radius 3 is 2.69 bits per heavy atom. The van der Waals surface area contributed by atoms with Gasteiger partial charge in [-0.15, -0.1) is 0 Å². The first-order valence-corrected chi connectivity index (χ1v) is 8.11. The van der Waals surface area contributed by atoms with Gasteiger partial charge in [0.1, 0.15) is 23.9 Å². The van der Waals surface area contributed by atoms with E-state index in [1.165, 1.54) is 12.4 Å². The van der Waals surface area contributed by atoms with Crippen LogP contribution in [-0.2, 0) is 0 Å². The molecule has 6 nitrogen and oxygen atoms in total. The number of aromatic nitrogens is 2. The second-order valence-corrected chi connectivity index (χ2v) is 5.84. The molecule has 0 bridgehead atoms. The molecule has 0 saturated carbocycles. The van der Waals surface area contributed by atoms with E-state index < -0.39 is 0 Å². The van der Waals surface area contributed by atoms with Crippen molar-refractivity contribution in [2.75, 3.05) is 10.6 Å². The predicted molar refractivity (Wildman–Crippen MR) is 101 cm³/mol. The minimum absolute atomic E-state index is 0.191. The number of benzene rings is 2. The highest BCUT2D eigenvalue weighted by atomic mass is 35.5. The fraction of sp³-hybridized carbons (Fsp3) is 0.0526. The Labute approximate surface area is 155 Å². The minimum Gasteiger partial charge on any atom is -0.339 e. The molecule has 1 aromatic heterocycles. The molecule has 3 aromatic rings. The van der Waals surface area contributed by atoms with Crippen molar-refractivity contribution in [3.05, 3.63) is 76.7 Å². The quantitative estimate of drug-likeness (QED) is 0.720. The van der Waals surface area contributed by atoms with Crippen LogP contribution in [0.5, 0.6) is 0 Å². The summed E-state index contributed by atoms with van der Waals surface area (Å²) in [5, 5.41) is 15.5. The van der Waals surface area contributed by atoms with Gasteiger partial charge in [-0.3, -0.25) is 4.79 Å². The molecule has 0 aliphatic rings. The summed E-state index contributed by atoms with van der Waals surface area (Å²) in [6, 6.07) is 15.9. The van der Waals surface area contributed by atoms with E-state index in [0.29, 0.717) is 27.8 Å². The molecule has 0 saturated heterocycles. The predicted octanol–water partition coefficient (Wildman–Crippen LogP) is 4.31. The first kappa shape index (κ1) is 17.4. The summed E-state index contributed by atoms with van der Waals surface area (Å²) in [7, 11) is 0. The van der Waals surface area contributed by atoms with E-state index in [4.69, 9.17) is 16.9 Å². The Balaban J connectivity index is 1.82. The van der Waals surface area contributed by atoms with Gasteiger partial charge in [0.25, 0.3) is 5.91 Å². The number of carbonyl (C=O) groups excluding carboxylic acids is 1. The lowest BCUT2D eigenvalue weighted by Crippen LogP contribution is -2.15. The van der Waals surface area contributed by atoms with Gasteiger partial charge in [-0.2, -0.15) is 5.26 Å². The standard InChI is InChI=1S/C19H14ClN5O/c1-12-14(20)6-4-8-15(12)25-19(26)17-9-18(23-11-22-17)24-16-7-3-2-5-13(16)10-21/h2-9,11H,1H3,(H,25,26)(H,22,23,24). The molecule has 1 heterocycles. The third-order valence-electron chi connectivity index (χ3n) is 3.73. The van der Waals surface area contributed by atoms with Crippen LogP contribution in [0.2, 0.25) is 5.02 Å². The van der Waals surface area contributed by atoms with Crippen molar-refractivity contribution in [1.29, 1.82) is 5.26 Å². The van der Waals surface area contributed by atoms with Crippen molar-refractivity contribution in [3.8, 4) is 6.07 Å². The van der Waals surface area contributed by atoms with Crippen LogP contribution in [0, 0.1) is 18.3 Å². The Morgan fingerprint density at radius 1 is 1.12 bits per heavy atom. The molecular formula is C19H14ClN5O. The molecule has 26 heavy (non-hydrogen) atoms. The molecule has 2 N–H and O–H groups in total. The third kappa shape index (κ3) is 3.79. The smallest absolute Gasteiger partial charge is 0.274 e. The second kappa shape index (κ2) is 7.64. The zero-order valence-electron chi connectivity index (χ0n) is 13.8. The lowest BCUT2D eigenvalue weighted by atomic mass is 10.2. The van der Waals surface area contributed by atoms with Gasteiger partial charge >= 0.3 is 0 Å². The average molecular weight is 364 g/mol. The van der Waals surface area contributed by atoms with Crippen molar-refractivity contribution in [3.63, 3.8) is 0 Å². The molecule has 0 atom stereocenters. The van der Waals surface area contributed by atoms with Gasteiger partial charge in [-0.25, -0.2) is 9.97 Å². The van der Waals surface area contributed by atoms with E-state index in [9.17, 15) is 4.79 Å². The fourth-order valence-electron chi connectivity index (χ4n) is 2.31. The maximum atomic E-state index is 12.5. The summed E-state index contributed by atoms with van der Waals surface area (Å²) in [5.74, 6) is 0.0325. The Hall–Kier alpha value is -3.43. The lowest BCUT2D eigenvalue weighted by molar-refractivity contribution is 0.102. The van der Waals surface area contributed by atoms with Crippen LogP contribution in [0.15, 0.2) is 54.9 Å². The van der Waals surface area contributed by atoms with E-state index in [1.54, 1.807) is 42.5 Å². The zero-order chi connectivity index (χ0) is 18.5.